The van der Waals surface area contributed by atoms with Crippen molar-refractivity contribution >= 4 is 50.7 Å². The molecule has 258 valence electrons. The molecule has 3 saturated heterocycles. The smallest absolute Gasteiger partial charge is 0.247 e. The molecule has 12 heteroatoms. The molecule has 1 aliphatic carbocycles. The Morgan fingerprint density at radius 1 is 0.875 bits per heavy atom. The van der Waals surface area contributed by atoms with E-state index in [1.54, 1.807) is 4.90 Å². The van der Waals surface area contributed by atoms with Gasteiger partial charge in [0.05, 0.1) is 36.4 Å². The number of rotatable bonds is 8. The highest BCUT2D eigenvalue weighted by molar-refractivity contribution is 8.76. The maximum Gasteiger partial charge on any atom is 0.247 e. The second-order valence-corrected chi connectivity index (χ2v) is 17.1. The van der Waals surface area contributed by atoms with Crippen molar-refractivity contribution in [2.24, 2.45) is 34.1 Å². The van der Waals surface area contributed by atoms with Crippen LogP contribution in [0.25, 0.3) is 0 Å². The van der Waals surface area contributed by atoms with Crippen molar-refractivity contribution in [3.05, 3.63) is 54.1 Å². The SMILES string of the molecule is CC1(C)C[C@@H]2OCC[C@H](N)C(=O)C2C1C(=O)Cc1ccccc1SSc1ccccc1NC(=O)C1N2C(=O)[C@@H](N)CCO[C@H]2CC1(C)C. The number of fused-ring (bicyclic) bond motifs is 2. The molecule has 2 aromatic carbocycles. The Kier molecular flexibility index (Phi) is 10.1. The van der Waals surface area contributed by atoms with E-state index in [9.17, 15) is 19.2 Å². The van der Waals surface area contributed by atoms with Crippen LogP contribution >= 0.6 is 21.6 Å². The summed E-state index contributed by atoms with van der Waals surface area (Å²) in [7, 11) is 2.99. The Bertz CT molecular complexity index is 1470. The molecule has 0 aromatic heterocycles. The van der Waals surface area contributed by atoms with Crippen LogP contribution in [0.1, 0.15) is 58.9 Å². The molecular formula is C36H46N4O6S2. The highest BCUT2D eigenvalue weighted by Crippen LogP contribution is 2.51. The standard InChI is InChI=1S/C36H46N4O6S2/c1-35(2)18-25-29(31(42)21(37)13-15-45-25)30(35)24(41)17-20-9-5-7-11-26(20)47-48-27-12-8-6-10-23(27)39-33(43)32-36(3,4)19-28-40(32)34(44)22(38)14-16-46-28/h5-12,21-22,25,28-30,32H,13-19,37-38H2,1-4H3,(H,39,43)/t21-,22-,25-,28-,29?,30?,32?/m0/s1. The molecule has 10 nitrogen and oxygen atoms in total. The summed E-state index contributed by atoms with van der Waals surface area (Å²) in [5, 5.41) is 3.09. The molecule has 0 radical (unpaired) electrons. The van der Waals surface area contributed by atoms with Gasteiger partial charge in [-0.05, 0) is 60.3 Å². The minimum absolute atomic E-state index is 0.0218. The Hall–Kier alpha value is -2.74. The molecule has 5 N–H and O–H groups in total. The lowest BCUT2D eigenvalue weighted by atomic mass is 9.73. The van der Waals surface area contributed by atoms with E-state index in [1.807, 2.05) is 76.2 Å². The number of carbonyl (C=O) groups is 4. The van der Waals surface area contributed by atoms with E-state index in [0.717, 1.165) is 15.4 Å². The van der Waals surface area contributed by atoms with Gasteiger partial charge in [-0.3, -0.25) is 19.2 Å². The lowest BCUT2D eigenvalue weighted by molar-refractivity contribution is -0.147. The third-order valence-corrected chi connectivity index (χ3v) is 12.9. The monoisotopic (exact) mass is 694 g/mol. The summed E-state index contributed by atoms with van der Waals surface area (Å²) in [5.74, 6) is -1.59. The third kappa shape index (κ3) is 6.84. The fraction of sp³-hybridized carbons (Fsp3) is 0.556. The Morgan fingerprint density at radius 2 is 1.52 bits per heavy atom. The first kappa shape index (κ1) is 35.1. The average Bonchev–Trinajstić information content (AvgIpc) is 3.36. The fourth-order valence-corrected chi connectivity index (χ4v) is 10.4. The van der Waals surface area contributed by atoms with Gasteiger partial charge >= 0.3 is 0 Å². The summed E-state index contributed by atoms with van der Waals surface area (Å²) in [6.45, 7) is 8.85. The Morgan fingerprint density at radius 3 is 2.29 bits per heavy atom. The minimum Gasteiger partial charge on any atom is -0.377 e. The van der Waals surface area contributed by atoms with Crippen LogP contribution in [0, 0.1) is 22.7 Å². The first-order chi connectivity index (χ1) is 22.8. The molecule has 3 unspecified atom stereocenters. The second kappa shape index (κ2) is 13.9. The molecule has 3 aliphatic heterocycles. The van der Waals surface area contributed by atoms with Crippen molar-refractivity contribution in [2.75, 3.05) is 18.5 Å². The molecule has 6 rings (SSSR count). The maximum absolute atomic E-state index is 14.0. The van der Waals surface area contributed by atoms with Gasteiger partial charge in [0.15, 0.2) is 5.78 Å². The van der Waals surface area contributed by atoms with Gasteiger partial charge in [-0.1, -0.05) is 79.6 Å². The molecule has 1 saturated carbocycles. The van der Waals surface area contributed by atoms with Crippen molar-refractivity contribution < 1.29 is 28.7 Å². The molecule has 0 spiro atoms. The van der Waals surface area contributed by atoms with Crippen LogP contribution in [-0.2, 0) is 35.1 Å². The number of anilines is 1. The van der Waals surface area contributed by atoms with Crippen LogP contribution in [0.2, 0.25) is 0 Å². The van der Waals surface area contributed by atoms with Crippen LogP contribution in [-0.4, -0.2) is 72.0 Å². The summed E-state index contributed by atoms with van der Waals surface area (Å²) in [6.07, 6.45) is 1.50. The normalized spacial score (nSPS) is 31.0. The number of carbonyl (C=O) groups excluding carboxylic acids is 4. The summed E-state index contributed by atoms with van der Waals surface area (Å²) in [4.78, 5) is 57.8. The molecule has 3 heterocycles. The van der Waals surface area contributed by atoms with Gasteiger partial charge in [0.2, 0.25) is 11.8 Å². The first-order valence-corrected chi connectivity index (χ1v) is 18.9. The summed E-state index contributed by atoms with van der Waals surface area (Å²) >= 11 is 0. The van der Waals surface area contributed by atoms with E-state index >= 15 is 0 Å². The van der Waals surface area contributed by atoms with Gasteiger partial charge in [-0.15, -0.1) is 0 Å². The molecule has 4 aliphatic rings. The highest BCUT2D eigenvalue weighted by atomic mass is 33.1. The molecule has 4 fully saturated rings. The number of hydrogen-bond acceptors (Lipinski definition) is 10. The van der Waals surface area contributed by atoms with Gasteiger partial charge in [0, 0.05) is 28.7 Å². The van der Waals surface area contributed by atoms with E-state index in [-0.39, 0.29) is 35.9 Å². The van der Waals surface area contributed by atoms with Crippen LogP contribution in [0.4, 0.5) is 5.69 Å². The Labute approximate surface area is 290 Å². The summed E-state index contributed by atoms with van der Waals surface area (Å²) < 4.78 is 12.0. The zero-order valence-electron chi connectivity index (χ0n) is 28.0. The Balaban J connectivity index is 1.17. The van der Waals surface area contributed by atoms with E-state index in [0.29, 0.717) is 44.6 Å². The van der Waals surface area contributed by atoms with Crippen molar-refractivity contribution in [3.63, 3.8) is 0 Å². The number of para-hydroxylation sites is 1. The average molecular weight is 695 g/mol. The quantitative estimate of drug-likeness (QED) is 0.335. The van der Waals surface area contributed by atoms with Gasteiger partial charge < -0.3 is 31.2 Å². The number of ketones is 2. The zero-order valence-corrected chi connectivity index (χ0v) is 29.6. The number of hydrogen-bond donors (Lipinski definition) is 3. The number of ether oxygens (including phenoxy) is 2. The number of amides is 2. The van der Waals surface area contributed by atoms with E-state index in [2.05, 4.69) is 5.32 Å². The van der Waals surface area contributed by atoms with Gasteiger partial charge in [0.1, 0.15) is 18.1 Å². The van der Waals surface area contributed by atoms with Gasteiger partial charge in [-0.2, -0.15) is 0 Å². The lowest BCUT2D eigenvalue weighted by Gasteiger charge is -2.33. The number of nitrogens with zero attached hydrogens (tertiary/aromatic N) is 1. The highest BCUT2D eigenvalue weighted by Gasteiger charge is 2.56. The molecular weight excluding hydrogens is 649 g/mol. The molecule has 2 amide bonds. The molecule has 0 bridgehead atoms. The van der Waals surface area contributed by atoms with Crippen molar-refractivity contribution in [2.45, 2.75) is 100 Å². The van der Waals surface area contributed by atoms with Gasteiger partial charge in [0.25, 0.3) is 0 Å². The number of Topliss-reactive ketones (excluding diaryl/α,β-unsaturated/α-hetero) is 2. The summed E-state index contributed by atoms with van der Waals surface area (Å²) in [5.41, 5.74) is 12.9. The topological polar surface area (TPSA) is 154 Å². The number of nitrogens with one attached hydrogen (secondary N) is 1. The van der Waals surface area contributed by atoms with Crippen LogP contribution in [0.3, 0.4) is 0 Å². The molecule has 7 atom stereocenters. The van der Waals surface area contributed by atoms with Crippen molar-refractivity contribution in [1.82, 2.24) is 4.90 Å². The maximum atomic E-state index is 14.0. The largest absolute Gasteiger partial charge is 0.377 e. The second-order valence-electron chi connectivity index (χ2n) is 14.9. The predicted octanol–water partition coefficient (Wildman–Crippen LogP) is 4.58. The zero-order chi connectivity index (χ0) is 34.4. The van der Waals surface area contributed by atoms with Crippen LogP contribution < -0.4 is 16.8 Å². The number of nitrogens with two attached hydrogens (primary N) is 2. The first-order valence-electron chi connectivity index (χ1n) is 16.7. The molecule has 48 heavy (non-hydrogen) atoms. The molecule has 2 aromatic rings. The number of benzene rings is 2. The van der Waals surface area contributed by atoms with E-state index in [4.69, 9.17) is 20.9 Å². The van der Waals surface area contributed by atoms with Crippen molar-refractivity contribution in [3.8, 4) is 0 Å². The predicted molar refractivity (Wildman–Crippen MR) is 186 cm³/mol. The van der Waals surface area contributed by atoms with E-state index < -0.39 is 47.0 Å². The lowest BCUT2D eigenvalue weighted by Crippen LogP contribution is -2.54. The summed E-state index contributed by atoms with van der Waals surface area (Å²) in [6, 6.07) is 13.3. The third-order valence-electron chi connectivity index (χ3n) is 10.4. The van der Waals surface area contributed by atoms with Crippen molar-refractivity contribution in [1.29, 1.82) is 0 Å². The van der Waals surface area contributed by atoms with Crippen LogP contribution in [0.15, 0.2) is 58.3 Å². The van der Waals surface area contributed by atoms with Crippen LogP contribution in [0.5, 0.6) is 0 Å². The van der Waals surface area contributed by atoms with E-state index in [1.165, 1.54) is 21.6 Å². The minimum atomic E-state index is -0.740. The fourth-order valence-electron chi connectivity index (χ4n) is 8.06. The van der Waals surface area contributed by atoms with Gasteiger partial charge in [-0.25, -0.2) is 0 Å².